The topological polar surface area (TPSA) is 17.5 Å². The molecule has 0 atom stereocenters. The summed E-state index contributed by atoms with van der Waals surface area (Å²) in [5.41, 5.74) is 7.26. The Morgan fingerprint density at radius 1 is 0.419 bits per heavy atom. The molecule has 9 rings (SSSR count). The van der Waals surface area contributed by atoms with E-state index < -0.39 is 0 Å². The first-order valence-corrected chi connectivity index (χ1v) is 14.5. The lowest BCUT2D eigenvalue weighted by Crippen LogP contribution is -1.91. The summed E-state index contributed by atoms with van der Waals surface area (Å²) >= 11 is 0. The Labute approximate surface area is 247 Å². The van der Waals surface area contributed by atoms with E-state index >= 15 is 0 Å². The van der Waals surface area contributed by atoms with Gasteiger partial charge in [-0.3, -0.25) is 0 Å². The molecule has 2 nitrogen and oxygen atoms in total. The number of benzene rings is 8. The molecular weight excluding hydrogens is 522 g/mol. The van der Waals surface area contributed by atoms with Crippen LogP contribution in [-0.4, -0.2) is 0 Å². The van der Waals surface area contributed by atoms with Gasteiger partial charge >= 0.3 is 0 Å². The third-order valence-corrected chi connectivity index (χ3v) is 8.82. The monoisotopic (exact) mass is 545 g/mol. The number of furan rings is 1. The van der Waals surface area contributed by atoms with Crippen molar-refractivity contribution in [3.63, 3.8) is 0 Å². The molecule has 0 unspecified atom stereocenters. The van der Waals surface area contributed by atoms with E-state index in [1.807, 2.05) is 18.2 Å². The lowest BCUT2D eigenvalue weighted by Gasteiger charge is -2.18. The molecule has 1 aromatic heterocycles. The zero-order chi connectivity index (χ0) is 28.5. The highest BCUT2D eigenvalue weighted by Gasteiger charge is 2.19. The minimum atomic E-state index is 0.643. The van der Waals surface area contributed by atoms with E-state index in [-0.39, 0.29) is 0 Å². The minimum Gasteiger partial charge on any atom is -0.456 e. The van der Waals surface area contributed by atoms with Crippen molar-refractivity contribution < 1.29 is 4.42 Å². The summed E-state index contributed by atoms with van der Waals surface area (Å²) < 4.78 is 6.34. The highest BCUT2D eigenvalue weighted by molar-refractivity contribution is 6.24. The molecule has 0 N–H and O–H groups in total. The second-order valence-corrected chi connectivity index (χ2v) is 11.2. The van der Waals surface area contributed by atoms with Gasteiger partial charge in [-0.05, 0) is 95.7 Å². The first kappa shape index (κ1) is 23.8. The summed E-state index contributed by atoms with van der Waals surface area (Å²) in [5, 5.41) is 11.7. The van der Waals surface area contributed by atoms with Crippen LogP contribution in [0.25, 0.3) is 92.1 Å². The van der Waals surface area contributed by atoms with Crippen LogP contribution in [0.5, 0.6) is 0 Å². The molecule has 0 aliphatic rings. The summed E-state index contributed by atoms with van der Waals surface area (Å²) in [6.45, 7) is 7.45. The van der Waals surface area contributed by atoms with Gasteiger partial charge in [-0.2, -0.15) is 0 Å². The SMILES string of the molecule is [C-]#[N+]c1ccc2cc3oc4ccc(-c5c6ccccc6c(-c6cccc7ccccc67)c6ccccc56)cc4c3cc2c1. The van der Waals surface area contributed by atoms with Gasteiger partial charge in [0, 0.05) is 10.8 Å². The molecule has 0 aliphatic carbocycles. The van der Waals surface area contributed by atoms with Crippen molar-refractivity contribution in [3.8, 4) is 22.3 Å². The van der Waals surface area contributed by atoms with Crippen LogP contribution in [0.4, 0.5) is 5.69 Å². The summed E-state index contributed by atoms with van der Waals surface area (Å²) in [4.78, 5) is 3.63. The second-order valence-electron chi connectivity index (χ2n) is 11.2. The number of hydrogen-bond donors (Lipinski definition) is 0. The molecule has 0 aliphatic heterocycles. The Hall–Kier alpha value is -5.91. The van der Waals surface area contributed by atoms with E-state index in [4.69, 9.17) is 11.0 Å². The molecule has 0 bridgehead atoms. The van der Waals surface area contributed by atoms with Crippen LogP contribution < -0.4 is 0 Å². The van der Waals surface area contributed by atoms with Crippen molar-refractivity contribution in [1.82, 2.24) is 0 Å². The van der Waals surface area contributed by atoms with Gasteiger partial charge in [-0.25, -0.2) is 4.85 Å². The standard InChI is InChI=1S/C41H23NO/c1-42-29-19-17-26-24-39-37(23-28(26)21-29)36-22-27(18-20-38(36)43-39)40-32-12-4-6-14-34(32)41(35-15-7-5-13-33(35)40)31-16-8-10-25-9-2-3-11-30(25)31/h2-24H. The predicted octanol–water partition coefficient (Wildman–Crippen LogP) is 12.1. The number of hydrogen-bond acceptors (Lipinski definition) is 1. The van der Waals surface area contributed by atoms with E-state index in [1.54, 1.807) is 0 Å². The summed E-state index contributed by atoms with van der Waals surface area (Å²) in [5.74, 6) is 0. The molecule has 43 heavy (non-hydrogen) atoms. The summed E-state index contributed by atoms with van der Waals surface area (Å²) in [6, 6.07) is 49.5. The molecule has 0 saturated carbocycles. The fraction of sp³-hybridized carbons (Fsp3) is 0. The minimum absolute atomic E-state index is 0.643. The van der Waals surface area contributed by atoms with Gasteiger partial charge in [0.05, 0.1) is 6.57 Å². The first-order chi connectivity index (χ1) is 21.3. The molecule has 0 fully saturated rings. The average Bonchev–Trinajstić information content (AvgIpc) is 3.42. The van der Waals surface area contributed by atoms with E-state index in [1.165, 1.54) is 49.0 Å². The third kappa shape index (κ3) is 3.52. The highest BCUT2D eigenvalue weighted by Crippen LogP contribution is 2.46. The van der Waals surface area contributed by atoms with Gasteiger partial charge in [0.15, 0.2) is 5.69 Å². The van der Waals surface area contributed by atoms with Crippen LogP contribution in [0.2, 0.25) is 0 Å². The molecule has 0 spiro atoms. The largest absolute Gasteiger partial charge is 0.456 e. The Morgan fingerprint density at radius 2 is 1.07 bits per heavy atom. The lowest BCUT2D eigenvalue weighted by atomic mass is 9.84. The number of fused-ring (bicyclic) bond motifs is 7. The van der Waals surface area contributed by atoms with Crippen molar-refractivity contribution in [1.29, 1.82) is 0 Å². The first-order valence-electron chi connectivity index (χ1n) is 14.5. The van der Waals surface area contributed by atoms with Gasteiger partial charge in [-0.15, -0.1) is 0 Å². The maximum atomic E-state index is 7.45. The lowest BCUT2D eigenvalue weighted by molar-refractivity contribution is 0.669. The molecule has 1 heterocycles. The fourth-order valence-electron chi connectivity index (χ4n) is 6.91. The molecule has 0 saturated heterocycles. The summed E-state index contributed by atoms with van der Waals surface area (Å²) in [6.07, 6.45) is 0. The second kappa shape index (κ2) is 9.05. The van der Waals surface area contributed by atoms with Crippen molar-refractivity contribution in [3.05, 3.63) is 151 Å². The zero-order valence-electron chi connectivity index (χ0n) is 23.1. The van der Waals surface area contributed by atoms with Crippen LogP contribution in [0.1, 0.15) is 0 Å². The van der Waals surface area contributed by atoms with Crippen molar-refractivity contribution in [2.75, 3.05) is 0 Å². The third-order valence-electron chi connectivity index (χ3n) is 8.82. The molecule has 0 amide bonds. The molecule has 9 aromatic rings. The maximum absolute atomic E-state index is 7.45. The van der Waals surface area contributed by atoms with Gasteiger partial charge in [-0.1, -0.05) is 109 Å². The summed E-state index contributed by atoms with van der Waals surface area (Å²) in [7, 11) is 0. The van der Waals surface area contributed by atoms with E-state index in [0.29, 0.717) is 5.69 Å². The maximum Gasteiger partial charge on any atom is 0.187 e. The average molecular weight is 546 g/mol. The van der Waals surface area contributed by atoms with Gasteiger partial charge in [0.25, 0.3) is 0 Å². The Balaban J connectivity index is 1.37. The molecule has 2 heteroatoms. The van der Waals surface area contributed by atoms with E-state index in [0.717, 1.165) is 38.3 Å². The van der Waals surface area contributed by atoms with Crippen molar-refractivity contribution in [2.24, 2.45) is 0 Å². The van der Waals surface area contributed by atoms with Crippen molar-refractivity contribution >= 4 is 70.7 Å². The van der Waals surface area contributed by atoms with Crippen LogP contribution in [0, 0.1) is 6.57 Å². The zero-order valence-corrected chi connectivity index (χ0v) is 23.1. The molecule has 0 radical (unpaired) electrons. The Morgan fingerprint density at radius 3 is 1.81 bits per heavy atom. The number of rotatable bonds is 2. The quantitative estimate of drug-likeness (QED) is 0.156. The molecule has 8 aromatic carbocycles. The van der Waals surface area contributed by atoms with Gasteiger partial charge < -0.3 is 4.42 Å². The Kier molecular flexibility index (Phi) is 5.00. The van der Waals surface area contributed by atoms with Crippen LogP contribution >= 0.6 is 0 Å². The smallest absolute Gasteiger partial charge is 0.187 e. The highest BCUT2D eigenvalue weighted by atomic mass is 16.3. The number of nitrogens with zero attached hydrogens (tertiary/aromatic N) is 1. The molecule has 198 valence electrons. The predicted molar refractivity (Wildman–Crippen MR) is 181 cm³/mol. The Bertz CT molecular complexity index is 2570. The fourth-order valence-corrected chi connectivity index (χ4v) is 6.91. The van der Waals surface area contributed by atoms with Gasteiger partial charge in [0.2, 0.25) is 0 Å². The van der Waals surface area contributed by atoms with Crippen molar-refractivity contribution in [2.45, 2.75) is 0 Å². The normalized spacial score (nSPS) is 11.7. The van der Waals surface area contributed by atoms with Crippen LogP contribution in [0.3, 0.4) is 0 Å². The van der Waals surface area contributed by atoms with Crippen LogP contribution in [0.15, 0.2) is 144 Å². The van der Waals surface area contributed by atoms with Gasteiger partial charge in [0.1, 0.15) is 11.2 Å². The van der Waals surface area contributed by atoms with E-state index in [2.05, 4.69) is 126 Å². The van der Waals surface area contributed by atoms with Crippen LogP contribution in [-0.2, 0) is 0 Å². The molecular formula is C41H23NO. The van der Waals surface area contributed by atoms with E-state index in [9.17, 15) is 0 Å².